The smallest absolute Gasteiger partial charge is 0.296 e. The van der Waals surface area contributed by atoms with Gasteiger partial charge in [-0.05, 0) is 37.8 Å². The van der Waals surface area contributed by atoms with Crippen molar-refractivity contribution in [1.29, 1.82) is 0 Å². The van der Waals surface area contributed by atoms with E-state index in [1.54, 1.807) is 37.4 Å². The first kappa shape index (κ1) is 25.9. The predicted molar refractivity (Wildman–Crippen MR) is 141 cm³/mol. The molecule has 2 aromatic heterocycles. The molecule has 3 fully saturated rings. The van der Waals surface area contributed by atoms with Gasteiger partial charge in [-0.3, -0.25) is 9.36 Å². The van der Waals surface area contributed by atoms with Crippen LogP contribution in [0.1, 0.15) is 37.9 Å². The van der Waals surface area contributed by atoms with Gasteiger partial charge >= 0.3 is 0 Å². The summed E-state index contributed by atoms with van der Waals surface area (Å²) in [7, 11) is 1.73. The van der Waals surface area contributed by atoms with E-state index in [-0.39, 0.29) is 29.8 Å². The number of carbonyl (C=O) groups excluding carboxylic acids is 1. The maximum atomic E-state index is 14.1. The number of benzene rings is 1. The van der Waals surface area contributed by atoms with Crippen LogP contribution in [0, 0.1) is 5.92 Å². The van der Waals surface area contributed by atoms with Crippen molar-refractivity contribution in [2.75, 3.05) is 56.7 Å². The van der Waals surface area contributed by atoms with Gasteiger partial charge in [-0.2, -0.15) is 9.97 Å². The van der Waals surface area contributed by atoms with E-state index >= 15 is 0 Å². The lowest BCUT2D eigenvalue weighted by Crippen LogP contribution is -2.58. The van der Waals surface area contributed by atoms with Crippen LogP contribution in [-0.2, 0) is 14.3 Å². The Kier molecular flexibility index (Phi) is 7.30. The van der Waals surface area contributed by atoms with Gasteiger partial charge in [0.05, 0.1) is 36.4 Å². The Morgan fingerprint density at radius 2 is 1.82 bits per heavy atom. The number of hydrogen-bond acceptors (Lipinski definition) is 8. The minimum atomic E-state index is -2.78. The molecule has 1 N–H and O–H groups in total. The van der Waals surface area contributed by atoms with Gasteiger partial charge in [-0.15, -0.1) is 0 Å². The van der Waals surface area contributed by atoms with Gasteiger partial charge in [-0.25, -0.2) is 13.8 Å². The van der Waals surface area contributed by atoms with Crippen LogP contribution in [0.15, 0.2) is 30.3 Å². The van der Waals surface area contributed by atoms with E-state index in [0.29, 0.717) is 68.0 Å². The molecular weight excluding hydrogens is 508 g/mol. The first-order chi connectivity index (χ1) is 19.0. The second-order valence-electron chi connectivity index (χ2n) is 10.4. The van der Waals surface area contributed by atoms with Crippen molar-refractivity contribution < 1.29 is 23.0 Å². The number of hydrogen-bond donors (Lipinski definition) is 1. The highest BCUT2D eigenvalue weighted by Gasteiger charge is 2.36. The summed E-state index contributed by atoms with van der Waals surface area (Å²) in [5.74, 6) is 1.18. The highest BCUT2D eigenvalue weighted by molar-refractivity contribution is 5.80. The van der Waals surface area contributed by atoms with Crippen LogP contribution < -0.4 is 10.2 Å². The summed E-state index contributed by atoms with van der Waals surface area (Å²) in [6.07, 6.45) is 1.02. The molecule has 0 bridgehead atoms. The number of anilines is 2. The topological polar surface area (TPSA) is 97.6 Å². The third-order valence-corrected chi connectivity index (χ3v) is 7.91. The van der Waals surface area contributed by atoms with Gasteiger partial charge in [0.1, 0.15) is 11.6 Å². The number of aromatic nitrogens is 4. The Hall–Kier alpha value is -3.38. The largest absolute Gasteiger partial charge is 0.381 e. The normalized spacial score (nSPS) is 22.4. The highest BCUT2D eigenvalue weighted by atomic mass is 19.3. The molecular formula is C27H33F2N7O3. The Morgan fingerprint density at radius 1 is 1.08 bits per heavy atom. The summed E-state index contributed by atoms with van der Waals surface area (Å²) in [6, 6.07) is 8.73. The molecule has 4 heterocycles. The molecule has 0 radical (unpaired) electrons. The first-order valence-electron chi connectivity index (χ1n) is 13.6. The number of methoxy groups -OCH3 is 1. The average molecular weight is 542 g/mol. The lowest BCUT2D eigenvalue weighted by molar-refractivity contribution is -0.141. The zero-order valence-corrected chi connectivity index (χ0v) is 21.9. The molecule has 1 aliphatic carbocycles. The number of halogens is 2. The molecule has 0 spiro atoms. The molecule has 0 atom stereocenters. The zero-order chi connectivity index (χ0) is 26.9. The summed E-state index contributed by atoms with van der Waals surface area (Å²) in [5, 5.41) is 3.42. The fourth-order valence-corrected chi connectivity index (χ4v) is 5.71. The standard InChI is InChI=1S/C27H33F2N7O3/c1-38-19-8-6-17(7-9-19)26(37)35-15-18(16-35)30-22-14-23(33-27(32-22)34-10-12-39-13-11-34)36-21-5-3-2-4-20(21)31-25(36)24(28)29/h2-5,14,17-19,24H,6-13,15-16H2,1H3,(H,30,32,33). The van der Waals surface area contributed by atoms with Crippen LogP contribution in [0.25, 0.3) is 16.9 Å². The summed E-state index contributed by atoms with van der Waals surface area (Å²) in [5.41, 5.74) is 1.02. The molecule has 10 nitrogen and oxygen atoms in total. The Labute approximate surface area is 225 Å². The van der Waals surface area contributed by atoms with Gasteiger partial charge in [0.15, 0.2) is 5.82 Å². The number of morpholine rings is 1. The van der Waals surface area contributed by atoms with Crippen molar-refractivity contribution in [3.63, 3.8) is 0 Å². The number of fused-ring (bicyclic) bond motifs is 1. The summed E-state index contributed by atoms with van der Waals surface area (Å²) >= 11 is 0. The van der Waals surface area contributed by atoms with Crippen LogP contribution in [0.4, 0.5) is 20.5 Å². The minimum absolute atomic E-state index is 0.0126. The molecule has 3 aromatic rings. The van der Waals surface area contributed by atoms with E-state index in [2.05, 4.69) is 10.3 Å². The Morgan fingerprint density at radius 3 is 2.54 bits per heavy atom. The van der Waals surface area contributed by atoms with Crippen LogP contribution in [-0.4, -0.2) is 89.0 Å². The van der Waals surface area contributed by atoms with E-state index < -0.39 is 6.43 Å². The van der Waals surface area contributed by atoms with Crippen LogP contribution in [0.2, 0.25) is 0 Å². The zero-order valence-electron chi connectivity index (χ0n) is 21.9. The van der Waals surface area contributed by atoms with Crippen molar-refractivity contribution in [2.24, 2.45) is 5.92 Å². The van der Waals surface area contributed by atoms with E-state index in [0.717, 1.165) is 25.7 Å². The quantitative estimate of drug-likeness (QED) is 0.486. The van der Waals surface area contributed by atoms with Crippen LogP contribution in [0.5, 0.6) is 0 Å². The van der Waals surface area contributed by atoms with Crippen molar-refractivity contribution in [2.45, 2.75) is 44.3 Å². The van der Waals surface area contributed by atoms with Crippen molar-refractivity contribution >= 4 is 28.7 Å². The number of nitrogens with one attached hydrogen (secondary N) is 1. The van der Waals surface area contributed by atoms with Gasteiger partial charge in [-0.1, -0.05) is 12.1 Å². The SMILES string of the molecule is COC1CCC(C(=O)N2CC(Nc3cc(-n4c(C(F)F)nc5ccccc54)nc(N4CCOCC4)n3)C2)CC1. The first-order valence-corrected chi connectivity index (χ1v) is 13.6. The fraction of sp³-hybridized carbons (Fsp3) is 0.556. The molecule has 2 saturated heterocycles. The van der Waals surface area contributed by atoms with E-state index in [4.69, 9.17) is 19.4 Å². The lowest BCUT2D eigenvalue weighted by Gasteiger charge is -2.42. The third-order valence-electron chi connectivity index (χ3n) is 7.91. The molecule has 1 amide bonds. The molecule has 1 aromatic carbocycles. The molecule has 1 saturated carbocycles. The number of ether oxygens (including phenoxy) is 2. The van der Waals surface area contributed by atoms with E-state index in [1.165, 1.54) is 4.57 Å². The fourth-order valence-electron chi connectivity index (χ4n) is 5.71. The van der Waals surface area contributed by atoms with Gasteiger partial charge in [0, 0.05) is 45.3 Å². The van der Waals surface area contributed by atoms with Crippen molar-refractivity contribution in [3.05, 3.63) is 36.2 Å². The van der Waals surface area contributed by atoms with E-state index in [9.17, 15) is 13.6 Å². The second kappa shape index (κ2) is 11.0. The second-order valence-corrected chi connectivity index (χ2v) is 10.4. The molecule has 2 aliphatic heterocycles. The van der Waals surface area contributed by atoms with Crippen molar-refractivity contribution in [1.82, 2.24) is 24.4 Å². The van der Waals surface area contributed by atoms with E-state index in [1.807, 2.05) is 9.80 Å². The molecule has 39 heavy (non-hydrogen) atoms. The third kappa shape index (κ3) is 5.27. The minimum Gasteiger partial charge on any atom is -0.381 e. The number of amides is 1. The Balaban J connectivity index is 1.24. The van der Waals surface area contributed by atoms with Gasteiger partial charge < -0.3 is 24.6 Å². The number of imidazole rings is 1. The molecule has 208 valence electrons. The van der Waals surface area contributed by atoms with Gasteiger partial charge in [0.2, 0.25) is 11.9 Å². The average Bonchev–Trinajstić information content (AvgIpc) is 3.35. The summed E-state index contributed by atoms with van der Waals surface area (Å²) in [4.78, 5) is 30.5. The number of rotatable bonds is 7. The maximum Gasteiger partial charge on any atom is 0.296 e. The van der Waals surface area contributed by atoms with Crippen LogP contribution >= 0.6 is 0 Å². The molecule has 3 aliphatic rings. The number of alkyl halides is 2. The van der Waals surface area contributed by atoms with Crippen LogP contribution in [0.3, 0.4) is 0 Å². The molecule has 6 rings (SSSR count). The van der Waals surface area contributed by atoms with Crippen molar-refractivity contribution in [3.8, 4) is 5.82 Å². The number of nitrogens with zero attached hydrogens (tertiary/aromatic N) is 6. The van der Waals surface area contributed by atoms with Gasteiger partial charge in [0.25, 0.3) is 6.43 Å². The monoisotopic (exact) mass is 541 g/mol. The highest BCUT2D eigenvalue weighted by Crippen LogP contribution is 2.31. The lowest BCUT2D eigenvalue weighted by atomic mass is 9.85. The molecule has 12 heteroatoms. The molecule has 0 unspecified atom stereocenters. The number of likely N-dealkylation sites (tertiary alicyclic amines) is 1. The number of para-hydroxylation sites is 2. The Bertz CT molecular complexity index is 1320. The summed E-state index contributed by atoms with van der Waals surface area (Å²) in [6.45, 7) is 3.44. The predicted octanol–water partition coefficient (Wildman–Crippen LogP) is 3.42. The maximum absolute atomic E-state index is 14.1. The summed E-state index contributed by atoms with van der Waals surface area (Å²) < 4.78 is 40.5. The number of carbonyl (C=O) groups is 1.